The van der Waals surface area contributed by atoms with E-state index in [1.807, 2.05) is 55.9 Å². The third-order valence-corrected chi connectivity index (χ3v) is 7.15. The Balaban J connectivity index is 1.25. The van der Waals surface area contributed by atoms with Crippen molar-refractivity contribution in [3.63, 3.8) is 0 Å². The molecule has 0 spiro atoms. The number of alkyl halides is 1. The van der Waals surface area contributed by atoms with E-state index in [-0.39, 0.29) is 11.8 Å². The zero-order valence-corrected chi connectivity index (χ0v) is 22.1. The molecule has 1 aliphatic rings. The predicted molar refractivity (Wildman–Crippen MR) is 142 cm³/mol. The zero-order valence-electron chi connectivity index (χ0n) is 22.1. The molecule has 0 aliphatic heterocycles. The van der Waals surface area contributed by atoms with Crippen molar-refractivity contribution < 1.29 is 18.4 Å². The van der Waals surface area contributed by atoms with Gasteiger partial charge in [-0.25, -0.2) is 8.91 Å². The fraction of sp³-hybridized carbons (Fsp3) is 0.321. The molecule has 11 heteroatoms. The van der Waals surface area contributed by atoms with Crippen molar-refractivity contribution in [1.82, 2.24) is 29.5 Å². The Morgan fingerprint density at radius 3 is 2.77 bits per heavy atom. The summed E-state index contributed by atoms with van der Waals surface area (Å²) in [6.07, 6.45) is 2.96. The topological polar surface area (TPSA) is 112 Å². The highest BCUT2D eigenvalue weighted by Crippen LogP contribution is 2.43. The van der Waals surface area contributed by atoms with Crippen LogP contribution >= 0.6 is 0 Å². The molecule has 1 N–H and O–H groups in total. The maximum absolute atomic E-state index is 13.4. The zero-order chi connectivity index (χ0) is 27.3. The number of anilines is 1. The van der Waals surface area contributed by atoms with Gasteiger partial charge >= 0.3 is 0 Å². The Labute approximate surface area is 223 Å². The minimum atomic E-state index is -0.917. The monoisotopic (exact) mass is 529 g/mol. The van der Waals surface area contributed by atoms with E-state index in [2.05, 4.69) is 25.7 Å². The molecule has 0 saturated heterocycles. The summed E-state index contributed by atoms with van der Waals surface area (Å²) in [6, 6.07) is 9.38. The first-order valence-corrected chi connectivity index (χ1v) is 12.7. The highest BCUT2D eigenvalue weighted by atomic mass is 19.1. The van der Waals surface area contributed by atoms with Crippen molar-refractivity contribution >= 4 is 17.1 Å². The number of hydrogen-bond donors (Lipinski definition) is 1. The van der Waals surface area contributed by atoms with E-state index < -0.39 is 6.17 Å². The number of ether oxygens (including phenoxy) is 1. The normalized spacial score (nSPS) is 16.6. The summed E-state index contributed by atoms with van der Waals surface area (Å²) < 4.78 is 27.5. The van der Waals surface area contributed by atoms with Crippen LogP contribution < -0.4 is 5.32 Å². The number of benzene rings is 1. The highest BCUT2D eigenvalue weighted by Gasteiger charge is 2.43. The van der Waals surface area contributed by atoms with E-state index in [0.29, 0.717) is 53.6 Å². The van der Waals surface area contributed by atoms with Crippen LogP contribution in [0.1, 0.15) is 45.5 Å². The fourth-order valence-corrected chi connectivity index (χ4v) is 4.83. The number of nitrogens with zero attached hydrogens (tertiary/aromatic N) is 6. The lowest BCUT2D eigenvalue weighted by molar-refractivity contribution is 0.102. The van der Waals surface area contributed by atoms with Gasteiger partial charge in [0, 0.05) is 41.4 Å². The van der Waals surface area contributed by atoms with E-state index in [1.54, 1.807) is 23.9 Å². The molecule has 1 saturated carbocycles. The van der Waals surface area contributed by atoms with Crippen LogP contribution in [0.2, 0.25) is 0 Å². The standard InChI is InChI=1S/C28H28FN7O3/c1-15-5-6-18(26-32-28(39-34-26)20-12-22(20)29)11-23(15)31-27(37)21-13-30-36-14-19(7-8-24(21)36)25-16(2)33-35(17(25)3)9-10-38-4/h5-8,11,13-14,20,22H,9-10,12H2,1-4H3,(H,31,37)/t20-,22-/m0/s1. The second kappa shape index (κ2) is 9.73. The molecule has 0 bridgehead atoms. The quantitative estimate of drug-likeness (QED) is 0.304. The molecule has 2 atom stereocenters. The van der Waals surface area contributed by atoms with Crippen molar-refractivity contribution in [3.8, 4) is 22.5 Å². The molecule has 1 fully saturated rings. The summed E-state index contributed by atoms with van der Waals surface area (Å²) in [6.45, 7) is 7.17. The molecule has 0 unspecified atom stereocenters. The Kier molecular flexibility index (Phi) is 6.22. The van der Waals surface area contributed by atoms with Crippen LogP contribution in [0.3, 0.4) is 0 Å². The molecule has 10 nitrogen and oxygen atoms in total. The summed E-state index contributed by atoms with van der Waals surface area (Å²) >= 11 is 0. The highest BCUT2D eigenvalue weighted by molar-refractivity contribution is 6.09. The van der Waals surface area contributed by atoms with Crippen molar-refractivity contribution in [2.75, 3.05) is 19.0 Å². The maximum atomic E-state index is 13.4. The predicted octanol–water partition coefficient (Wildman–Crippen LogP) is 4.90. The number of rotatable bonds is 8. The lowest BCUT2D eigenvalue weighted by atomic mass is 10.1. The molecular formula is C28H28FN7O3. The van der Waals surface area contributed by atoms with E-state index in [9.17, 15) is 9.18 Å². The minimum absolute atomic E-state index is 0.287. The molecule has 4 aromatic heterocycles. The van der Waals surface area contributed by atoms with Gasteiger partial charge in [-0.2, -0.15) is 15.2 Å². The molecule has 0 radical (unpaired) electrons. The van der Waals surface area contributed by atoms with Crippen LogP contribution in [0.5, 0.6) is 0 Å². The summed E-state index contributed by atoms with van der Waals surface area (Å²) in [4.78, 5) is 17.7. The van der Waals surface area contributed by atoms with Crippen molar-refractivity contribution in [3.05, 3.63) is 71.1 Å². The van der Waals surface area contributed by atoms with Crippen LogP contribution in [0.4, 0.5) is 10.1 Å². The van der Waals surface area contributed by atoms with Gasteiger partial charge in [0.15, 0.2) is 0 Å². The average Bonchev–Trinajstić information content (AvgIpc) is 3.26. The Bertz CT molecular complexity index is 1700. The maximum Gasteiger partial charge on any atom is 0.259 e. The van der Waals surface area contributed by atoms with Gasteiger partial charge in [0.2, 0.25) is 11.7 Å². The second-order valence-corrected chi connectivity index (χ2v) is 9.87. The average molecular weight is 530 g/mol. The van der Waals surface area contributed by atoms with Gasteiger partial charge in [-0.15, -0.1) is 0 Å². The minimum Gasteiger partial charge on any atom is -0.383 e. The van der Waals surface area contributed by atoms with Crippen LogP contribution in [-0.2, 0) is 11.3 Å². The first-order chi connectivity index (χ1) is 18.8. The van der Waals surface area contributed by atoms with E-state index in [1.165, 1.54) is 0 Å². The number of fused-ring (bicyclic) bond motifs is 1. The van der Waals surface area contributed by atoms with E-state index in [0.717, 1.165) is 28.1 Å². The molecule has 200 valence electrons. The smallest absolute Gasteiger partial charge is 0.259 e. The van der Waals surface area contributed by atoms with Gasteiger partial charge in [-0.1, -0.05) is 23.4 Å². The number of pyridine rings is 1. The van der Waals surface area contributed by atoms with Crippen LogP contribution in [-0.4, -0.2) is 55.3 Å². The van der Waals surface area contributed by atoms with Crippen molar-refractivity contribution in [2.24, 2.45) is 0 Å². The van der Waals surface area contributed by atoms with Gasteiger partial charge in [0.1, 0.15) is 6.17 Å². The van der Waals surface area contributed by atoms with Gasteiger partial charge in [0.05, 0.1) is 42.0 Å². The van der Waals surface area contributed by atoms with Gasteiger partial charge in [-0.05, 0) is 44.9 Å². The number of carbonyl (C=O) groups is 1. The number of amides is 1. The number of nitrogens with one attached hydrogen (secondary N) is 1. The number of aromatic nitrogens is 6. The second-order valence-electron chi connectivity index (χ2n) is 9.87. The molecule has 1 aromatic carbocycles. The third-order valence-electron chi connectivity index (χ3n) is 7.15. The first-order valence-electron chi connectivity index (χ1n) is 12.7. The molecule has 5 aromatic rings. The molecule has 6 rings (SSSR count). The summed E-state index contributed by atoms with van der Waals surface area (Å²) in [7, 11) is 1.67. The fourth-order valence-electron chi connectivity index (χ4n) is 4.83. The number of aryl methyl sites for hydroxylation is 2. The van der Waals surface area contributed by atoms with Gasteiger partial charge in [0.25, 0.3) is 5.91 Å². The molecule has 39 heavy (non-hydrogen) atoms. The molecule has 1 aliphatic carbocycles. The first kappa shape index (κ1) is 24.9. The largest absolute Gasteiger partial charge is 0.383 e. The van der Waals surface area contributed by atoms with E-state index >= 15 is 0 Å². The summed E-state index contributed by atoms with van der Waals surface area (Å²) in [5.74, 6) is 0.0674. The Morgan fingerprint density at radius 1 is 1.21 bits per heavy atom. The lowest BCUT2D eigenvalue weighted by Crippen LogP contribution is -2.12. The van der Waals surface area contributed by atoms with E-state index in [4.69, 9.17) is 9.26 Å². The number of carbonyl (C=O) groups excluding carboxylic acids is 1. The third kappa shape index (κ3) is 4.59. The van der Waals surface area contributed by atoms with Gasteiger partial charge in [-0.3, -0.25) is 9.48 Å². The lowest BCUT2D eigenvalue weighted by Gasteiger charge is -2.09. The van der Waals surface area contributed by atoms with Crippen molar-refractivity contribution in [1.29, 1.82) is 0 Å². The Morgan fingerprint density at radius 2 is 2.00 bits per heavy atom. The SMILES string of the molecule is COCCn1nc(C)c(-c2ccc3c(C(=O)Nc4cc(-c5noc([C@H]6C[C@@H]6F)n5)ccc4C)cnn3c2)c1C. The Hall–Kier alpha value is -4.38. The van der Waals surface area contributed by atoms with Crippen molar-refractivity contribution in [2.45, 2.75) is 45.8 Å². The summed E-state index contributed by atoms with van der Waals surface area (Å²) in [5, 5.41) is 16.1. The van der Waals surface area contributed by atoms with Gasteiger partial charge < -0.3 is 14.6 Å². The summed E-state index contributed by atoms with van der Waals surface area (Å²) in [5.41, 5.74) is 7.24. The number of methoxy groups -OCH3 is 1. The van der Waals surface area contributed by atoms with Crippen LogP contribution in [0.25, 0.3) is 28.0 Å². The molecule has 1 amide bonds. The van der Waals surface area contributed by atoms with Crippen LogP contribution in [0, 0.1) is 20.8 Å². The molecule has 4 heterocycles. The number of hydrogen-bond acceptors (Lipinski definition) is 7. The van der Waals surface area contributed by atoms with Crippen LogP contribution in [0.15, 0.2) is 47.2 Å². The number of halogens is 1. The molecular weight excluding hydrogens is 501 g/mol.